The fourth-order valence-corrected chi connectivity index (χ4v) is 3.97. The van der Waals surface area contributed by atoms with Gasteiger partial charge >= 0.3 is 0 Å². The highest BCUT2D eigenvalue weighted by atomic mass is 16.2. The van der Waals surface area contributed by atoms with Gasteiger partial charge in [0.2, 0.25) is 0 Å². The highest BCUT2D eigenvalue weighted by molar-refractivity contribution is 5.92. The Bertz CT molecular complexity index is 708. The summed E-state index contributed by atoms with van der Waals surface area (Å²) in [6.45, 7) is 2.81. The SMILES string of the molecule is O=C(c1cn(C2CCNCC2)nn1)N1CCCC1Cc1ccccc1. The van der Waals surface area contributed by atoms with Crippen molar-refractivity contribution in [2.24, 2.45) is 0 Å². The second-order valence-electron chi connectivity index (χ2n) is 7.05. The van der Waals surface area contributed by atoms with Gasteiger partial charge in [-0.3, -0.25) is 4.79 Å². The third-order valence-electron chi connectivity index (χ3n) is 5.36. The summed E-state index contributed by atoms with van der Waals surface area (Å²) in [6, 6.07) is 11.0. The molecule has 0 bridgehead atoms. The fourth-order valence-electron chi connectivity index (χ4n) is 3.97. The highest BCUT2D eigenvalue weighted by Gasteiger charge is 2.31. The predicted molar refractivity (Wildman–Crippen MR) is 95.4 cm³/mol. The van der Waals surface area contributed by atoms with E-state index in [1.54, 1.807) is 0 Å². The Kier molecular flexibility index (Phi) is 4.78. The van der Waals surface area contributed by atoms with E-state index in [-0.39, 0.29) is 11.9 Å². The number of nitrogens with one attached hydrogen (secondary N) is 1. The van der Waals surface area contributed by atoms with Gasteiger partial charge < -0.3 is 10.2 Å². The minimum atomic E-state index is 0.0265. The molecule has 3 heterocycles. The number of nitrogens with zero attached hydrogens (tertiary/aromatic N) is 4. The zero-order valence-electron chi connectivity index (χ0n) is 14.5. The summed E-state index contributed by atoms with van der Waals surface area (Å²) in [4.78, 5) is 14.9. The molecular weight excluding hydrogens is 314 g/mol. The van der Waals surface area contributed by atoms with Crippen LogP contribution in [0.2, 0.25) is 0 Å². The van der Waals surface area contributed by atoms with Crippen molar-refractivity contribution in [3.8, 4) is 0 Å². The Labute approximate surface area is 148 Å². The first-order valence-corrected chi connectivity index (χ1v) is 9.29. The lowest BCUT2D eigenvalue weighted by atomic mass is 10.0. The quantitative estimate of drug-likeness (QED) is 0.926. The van der Waals surface area contributed by atoms with Crippen molar-refractivity contribution >= 4 is 5.91 Å². The van der Waals surface area contributed by atoms with Gasteiger partial charge in [0.05, 0.1) is 12.2 Å². The van der Waals surface area contributed by atoms with E-state index in [4.69, 9.17) is 0 Å². The van der Waals surface area contributed by atoms with E-state index in [2.05, 4.69) is 39.9 Å². The van der Waals surface area contributed by atoms with Crippen LogP contribution in [-0.2, 0) is 6.42 Å². The second-order valence-corrected chi connectivity index (χ2v) is 7.05. The van der Waals surface area contributed by atoms with E-state index in [1.165, 1.54) is 5.56 Å². The van der Waals surface area contributed by atoms with E-state index in [1.807, 2.05) is 21.8 Å². The van der Waals surface area contributed by atoms with Crippen LogP contribution in [0.15, 0.2) is 36.5 Å². The molecule has 6 nitrogen and oxygen atoms in total. The molecule has 1 atom stereocenters. The number of aromatic nitrogens is 3. The zero-order valence-corrected chi connectivity index (χ0v) is 14.5. The van der Waals surface area contributed by atoms with Crippen molar-refractivity contribution in [2.45, 2.75) is 44.2 Å². The van der Waals surface area contributed by atoms with Gasteiger partial charge in [0.15, 0.2) is 5.69 Å². The number of rotatable bonds is 4. The number of likely N-dealkylation sites (tertiary alicyclic amines) is 1. The van der Waals surface area contributed by atoms with Crippen molar-refractivity contribution in [2.75, 3.05) is 19.6 Å². The standard InChI is InChI=1S/C19H25N5O/c25-19(18-14-24(22-21-18)16-8-10-20-11-9-16)23-12-4-7-17(23)13-15-5-2-1-3-6-15/h1-3,5-6,14,16-17,20H,4,7-13H2. The fraction of sp³-hybridized carbons (Fsp3) is 0.526. The maximum atomic E-state index is 12.9. The average Bonchev–Trinajstić information content (AvgIpc) is 3.32. The largest absolute Gasteiger partial charge is 0.334 e. The van der Waals surface area contributed by atoms with Crippen LogP contribution in [0, 0.1) is 0 Å². The first kappa shape index (κ1) is 16.3. The molecule has 0 spiro atoms. The Balaban J connectivity index is 1.45. The van der Waals surface area contributed by atoms with Crippen LogP contribution in [-0.4, -0.2) is 51.5 Å². The number of hydrogen-bond acceptors (Lipinski definition) is 4. The van der Waals surface area contributed by atoms with Crippen LogP contribution >= 0.6 is 0 Å². The van der Waals surface area contributed by atoms with Crippen LogP contribution in [0.1, 0.15) is 47.8 Å². The van der Waals surface area contributed by atoms with Crippen molar-refractivity contribution in [3.63, 3.8) is 0 Å². The van der Waals surface area contributed by atoms with Crippen LogP contribution in [0.5, 0.6) is 0 Å². The summed E-state index contributed by atoms with van der Waals surface area (Å²) < 4.78 is 1.89. The second kappa shape index (κ2) is 7.35. The summed E-state index contributed by atoms with van der Waals surface area (Å²) >= 11 is 0. The summed E-state index contributed by atoms with van der Waals surface area (Å²) in [5.74, 6) is 0.0265. The molecule has 0 aliphatic carbocycles. The summed E-state index contributed by atoms with van der Waals surface area (Å²) in [5.41, 5.74) is 1.77. The number of benzene rings is 1. The van der Waals surface area contributed by atoms with Crippen LogP contribution in [0.25, 0.3) is 0 Å². The van der Waals surface area contributed by atoms with Gasteiger partial charge in [0, 0.05) is 12.6 Å². The van der Waals surface area contributed by atoms with Gasteiger partial charge in [0.25, 0.3) is 5.91 Å². The summed E-state index contributed by atoms with van der Waals surface area (Å²) in [6.07, 6.45) is 6.95. The number of hydrogen-bond donors (Lipinski definition) is 1. The molecule has 2 aliphatic rings. The molecule has 2 saturated heterocycles. The zero-order chi connectivity index (χ0) is 17.1. The Morgan fingerprint density at radius 2 is 1.96 bits per heavy atom. The third-order valence-corrected chi connectivity index (χ3v) is 5.36. The normalized spacial score (nSPS) is 21.6. The van der Waals surface area contributed by atoms with E-state index >= 15 is 0 Å². The summed E-state index contributed by atoms with van der Waals surface area (Å²) in [5, 5.41) is 11.8. The van der Waals surface area contributed by atoms with Gasteiger partial charge in [-0.25, -0.2) is 4.68 Å². The molecular formula is C19H25N5O. The predicted octanol–water partition coefficient (Wildman–Crippen LogP) is 2.05. The molecule has 2 aromatic rings. The first-order chi connectivity index (χ1) is 12.3. The molecule has 0 saturated carbocycles. The highest BCUT2D eigenvalue weighted by Crippen LogP contribution is 2.24. The number of piperidine rings is 1. The molecule has 2 fully saturated rings. The molecule has 1 unspecified atom stereocenters. The number of carbonyl (C=O) groups excluding carboxylic acids is 1. The van der Waals surface area contributed by atoms with E-state index in [0.29, 0.717) is 11.7 Å². The van der Waals surface area contributed by atoms with E-state index in [9.17, 15) is 4.79 Å². The number of carbonyl (C=O) groups is 1. The molecule has 4 rings (SSSR count). The molecule has 0 radical (unpaired) electrons. The third kappa shape index (κ3) is 3.58. The molecule has 25 heavy (non-hydrogen) atoms. The van der Waals surface area contributed by atoms with Crippen LogP contribution in [0.3, 0.4) is 0 Å². The molecule has 1 aromatic carbocycles. The molecule has 6 heteroatoms. The van der Waals surface area contributed by atoms with Gasteiger partial charge in [0.1, 0.15) is 0 Å². The van der Waals surface area contributed by atoms with Crippen molar-refractivity contribution in [1.29, 1.82) is 0 Å². The molecule has 132 valence electrons. The maximum absolute atomic E-state index is 12.9. The molecule has 1 amide bonds. The van der Waals surface area contributed by atoms with Gasteiger partial charge in [-0.15, -0.1) is 5.10 Å². The lowest BCUT2D eigenvalue weighted by Crippen LogP contribution is -2.37. The smallest absolute Gasteiger partial charge is 0.276 e. The first-order valence-electron chi connectivity index (χ1n) is 9.29. The lowest BCUT2D eigenvalue weighted by molar-refractivity contribution is 0.0730. The Morgan fingerprint density at radius 3 is 2.76 bits per heavy atom. The minimum Gasteiger partial charge on any atom is -0.334 e. The lowest BCUT2D eigenvalue weighted by Gasteiger charge is -2.24. The summed E-state index contributed by atoms with van der Waals surface area (Å²) in [7, 11) is 0. The van der Waals surface area contributed by atoms with Gasteiger partial charge in [-0.05, 0) is 50.8 Å². The molecule has 1 N–H and O–H groups in total. The molecule has 2 aliphatic heterocycles. The molecule has 1 aromatic heterocycles. The topological polar surface area (TPSA) is 63.1 Å². The van der Waals surface area contributed by atoms with Crippen molar-refractivity contribution in [1.82, 2.24) is 25.2 Å². The van der Waals surface area contributed by atoms with Crippen molar-refractivity contribution < 1.29 is 4.79 Å². The minimum absolute atomic E-state index is 0.0265. The van der Waals surface area contributed by atoms with E-state index < -0.39 is 0 Å². The maximum Gasteiger partial charge on any atom is 0.276 e. The monoisotopic (exact) mass is 339 g/mol. The van der Waals surface area contributed by atoms with Crippen molar-refractivity contribution in [3.05, 3.63) is 47.8 Å². The Morgan fingerprint density at radius 1 is 1.16 bits per heavy atom. The van der Waals surface area contributed by atoms with Gasteiger partial charge in [-0.1, -0.05) is 35.5 Å². The van der Waals surface area contributed by atoms with Crippen LogP contribution < -0.4 is 5.32 Å². The van der Waals surface area contributed by atoms with Gasteiger partial charge in [-0.2, -0.15) is 0 Å². The number of amides is 1. The van der Waals surface area contributed by atoms with Crippen LogP contribution in [0.4, 0.5) is 0 Å². The average molecular weight is 339 g/mol. The Hall–Kier alpha value is -2.21. The van der Waals surface area contributed by atoms with E-state index in [0.717, 1.165) is 51.7 Å².